The quantitative estimate of drug-likeness (QED) is 0.410. The first-order valence-electron chi connectivity index (χ1n) is 9.94. The maximum atomic E-state index is 12.9. The van der Waals surface area contributed by atoms with Gasteiger partial charge >= 0.3 is 0 Å². The lowest BCUT2D eigenvalue weighted by Gasteiger charge is -2.17. The molecule has 1 atom stereocenters. The van der Waals surface area contributed by atoms with Gasteiger partial charge in [-0.1, -0.05) is 36.4 Å². The molecule has 0 aliphatic carbocycles. The lowest BCUT2D eigenvalue weighted by Crippen LogP contribution is -2.30. The molecule has 2 heterocycles. The molecule has 0 unspecified atom stereocenters. The van der Waals surface area contributed by atoms with Crippen LogP contribution in [0.3, 0.4) is 0 Å². The third-order valence-corrected chi connectivity index (χ3v) is 5.23. The molecule has 3 aromatic carbocycles. The number of anilines is 1. The second-order valence-electron chi connectivity index (χ2n) is 7.23. The van der Waals surface area contributed by atoms with Gasteiger partial charge in [0, 0.05) is 28.4 Å². The Kier molecular flexibility index (Phi) is 4.67. The number of hydrogen-bond acceptors (Lipinski definition) is 5. The summed E-state index contributed by atoms with van der Waals surface area (Å²) in [6, 6.07) is 20.9. The molecule has 6 nitrogen and oxygen atoms in total. The van der Waals surface area contributed by atoms with Gasteiger partial charge in [-0.15, -0.1) is 0 Å². The van der Waals surface area contributed by atoms with Gasteiger partial charge in [-0.3, -0.25) is 9.78 Å². The Bertz CT molecular complexity index is 1420. The Labute approximate surface area is 178 Å². The summed E-state index contributed by atoms with van der Waals surface area (Å²) in [4.78, 5) is 17.3. The Morgan fingerprint density at radius 1 is 0.968 bits per heavy atom. The number of aromatic nitrogens is 1. The van der Waals surface area contributed by atoms with Gasteiger partial charge in [-0.05, 0) is 31.2 Å². The normalized spacial score (nSPS) is 12.2. The van der Waals surface area contributed by atoms with Crippen LogP contribution in [0.5, 0.6) is 11.5 Å². The molecule has 0 aliphatic rings. The number of nitrogens with one attached hydrogen (secondary N) is 1. The highest BCUT2D eigenvalue weighted by Gasteiger charge is 2.20. The van der Waals surface area contributed by atoms with Crippen molar-refractivity contribution in [1.82, 2.24) is 4.98 Å². The van der Waals surface area contributed by atoms with Crippen molar-refractivity contribution in [2.24, 2.45) is 0 Å². The Morgan fingerprint density at radius 2 is 1.81 bits per heavy atom. The van der Waals surface area contributed by atoms with E-state index in [1.165, 1.54) is 0 Å². The second-order valence-corrected chi connectivity index (χ2v) is 7.23. The van der Waals surface area contributed by atoms with Crippen molar-refractivity contribution in [2.75, 3.05) is 12.4 Å². The number of nitrogens with zero attached hydrogens (tertiary/aromatic N) is 1. The third-order valence-electron chi connectivity index (χ3n) is 5.23. The summed E-state index contributed by atoms with van der Waals surface area (Å²) in [6.45, 7) is 1.70. The van der Waals surface area contributed by atoms with E-state index >= 15 is 0 Å². The standard InChI is InChI=1S/C25H20N2O4/c1-15(30-21-11-5-7-16-8-6-12-26-24(16)21)25(28)27-19-14-22-18(13-23(19)29-2)17-9-3-4-10-20(17)31-22/h3-15H,1-2H3,(H,27,28)/t15-/m0/s1. The van der Waals surface area contributed by atoms with Crippen LogP contribution in [0.15, 0.2) is 77.3 Å². The summed E-state index contributed by atoms with van der Waals surface area (Å²) in [5.41, 5.74) is 2.68. The van der Waals surface area contributed by atoms with E-state index in [0.29, 0.717) is 28.3 Å². The van der Waals surface area contributed by atoms with Crippen LogP contribution in [0.25, 0.3) is 32.8 Å². The van der Waals surface area contributed by atoms with Crippen LogP contribution in [-0.4, -0.2) is 24.1 Å². The van der Waals surface area contributed by atoms with Crippen LogP contribution in [0.1, 0.15) is 6.92 Å². The van der Waals surface area contributed by atoms with E-state index < -0.39 is 6.10 Å². The van der Waals surface area contributed by atoms with E-state index in [4.69, 9.17) is 13.9 Å². The molecular formula is C25H20N2O4. The van der Waals surface area contributed by atoms with Gasteiger partial charge in [0.2, 0.25) is 0 Å². The number of para-hydroxylation sites is 2. The maximum Gasteiger partial charge on any atom is 0.265 e. The van der Waals surface area contributed by atoms with Gasteiger partial charge < -0.3 is 19.2 Å². The molecule has 1 N–H and O–H groups in total. The topological polar surface area (TPSA) is 73.6 Å². The monoisotopic (exact) mass is 412 g/mol. The average Bonchev–Trinajstić information content (AvgIpc) is 3.16. The van der Waals surface area contributed by atoms with Gasteiger partial charge in [0.25, 0.3) is 5.91 Å². The number of rotatable bonds is 5. The Balaban J connectivity index is 1.43. The number of amides is 1. The maximum absolute atomic E-state index is 12.9. The lowest BCUT2D eigenvalue weighted by molar-refractivity contribution is -0.122. The number of fused-ring (bicyclic) bond motifs is 4. The molecule has 1 amide bonds. The molecule has 0 saturated carbocycles. The highest BCUT2D eigenvalue weighted by atomic mass is 16.5. The number of ether oxygens (including phenoxy) is 2. The molecule has 31 heavy (non-hydrogen) atoms. The van der Waals surface area contributed by atoms with Crippen LogP contribution in [0.2, 0.25) is 0 Å². The molecule has 0 aliphatic heterocycles. The van der Waals surface area contributed by atoms with Gasteiger partial charge in [-0.25, -0.2) is 0 Å². The molecule has 0 saturated heterocycles. The highest BCUT2D eigenvalue weighted by Crippen LogP contribution is 2.36. The summed E-state index contributed by atoms with van der Waals surface area (Å²) in [6.07, 6.45) is 0.955. The zero-order valence-corrected chi connectivity index (χ0v) is 17.1. The van der Waals surface area contributed by atoms with Crippen molar-refractivity contribution in [3.63, 3.8) is 0 Å². The van der Waals surface area contributed by atoms with Gasteiger partial charge in [0.15, 0.2) is 6.10 Å². The number of methoxy groups -OCH3 is 1. The number of furan rings is 1. The zero-order chi connectivity index (χ0) is 21.4. The second kappa shape index (κ2) is 7.65. The first-order chi connectivity index (χ1) is 15.1. The zero-order valence-electron chi connectivity index (χ0n) is 17.1. The Hall–Kier alpha value is -4.06. The summed E-state index contributed by atoms with van der Waals surface area (Å²) in [5.74, 6) is 0.800. The third kappa shape index (κ3) is 3.42. The van der Waals surface area contributed by atoms with Crippen molar-refractivity contribution in [3.05, 3.63) is 72.9 Å². The summed E-state index contributed by atoms with van der Waals surface area (Å²) < 4.78 is 17.4. The highest BCUT2D eigenvalue weighted by molar-refractivity contribution is 6.08. The first-order valence-corrected chi connectivity index (χ1v) is 9.94. The van der Waals surface area contributed by atoms with Gasteiger partial charge in [0.05, 0.1) is 12.8 Å². The molecule has 0 bridgehead atoms. The van der Waals surface area contributed by atoms with Crippen LogP contribution >= 0.6 is 0 Å². The van der Waals surface area contributed by atoms with Crippen molar-refractivity contribution < 1.29 is 18.7 Å². The van der Waals surface area contributed by atoms with Gasteiger partial charge in [-0.2, -0.15) is 0 Å². The summed E-state index contributed by atoms with van der Waals surface area (Å²) in [7, 11) is 1.57. The van der Waals surface area contributed by atoms with Crippen molar-refractivity contribution in [3.8, 4) is 11.5 Å². The molecule has 0 spiro atoms. The Morgan fingerprint density at radius 3 is 2.68 bits per heavy atom. The predicted molar refractivity (Wildman–Crippen MR) is 121 cm³/mol. The molecule has 5 rings (SSSR count). The van der Waals surface area contributed by atoms with Crippen molar-refractivity contribution in [2.45, 2.75) is 13.0 Å². The average molecular weight is 412 g/mol. The summed E-state index contributed by atoms with van der Waals surface area (Å²) >= 11 is 0. The molecule has 6 heteroatoms. The van der Waals surface area contributed by atoms with Crippen molar-refractivity contribution in [1.29, 1.82) is 0 Å². The molecule has 5 aromatic rings. The molecule has 0 radical (unpaired) electrons. The van der Waals surface area contributed by atoms with Crippen LogP contribution in [0, 0.1) is 0 Å². The van der Waals surface area contributed by atoms with E-state index in [1.54, 1.807) is 32.4 Å². The molecule has 0 fully saturated rings. The number of pyridine rings is 1. The van der Waals surface area contributed by atoms with E-state index in [-0.39, 0.29) is 5.91 Å². The smallest absolute Gasteiger partial charge is 0.265 e. The molecule has 154 valence electrons. The molecule has 2 aromatic heterocycles. The van der Waals surface area contributed by atoms with Crippen LogP contribution in [0.4, 0.5) is 5.69 Å². The first kappa shape index (κ1) is 18.9. The largest absolute Gasteiger partial charge is 0.495 e. The lowest BCUT2D eigenvalue weighted by atomic mass is 10.1. The van der Waals surface area contributed by atoms with E-state index in [0.717, 1.165) is 21.7 Å². The number of carbonyl (C=O) groups excluding carboxylic acids is 1. The minimum Gasteiger partial charge on any atom is -0.495 e. The fourth-order valence-electron chi connectivity index (χ4n) is 3.67. The minimum atomic E-state index is -0.747. The van der Waals surface area contributed by atoms with E-state index in [2.05, 4.69) is 10.3 Å². The summed E-state index contributed by atoms with van der Waals surface area (Å²) in [5, 5.41) is 5.77. The fraction of sp³-hybridized carbons (Fsp3) is 0.120. The van der Waals surface area contributed by atoms with E-state index in [9.17, 15) is 4.79 Å². The predicted octanol–water partition coefficient (Wildman–Crippen LogP) is 5.55. The van der Waals surface area contributed by atoms with Gasteiger partial charge in [0.1, 0.15) is 28.2 Å². The number of carbonyl (C=O) groups is 1. The van der Waals surface area contributed by atoms with E-state index in [1.807, 2.05) is 54.6 Å². The van der Waals surface area contributed by atoms with Crippen molar-refractivity contribution >= 4 is 44.4 Å². The number of hydrogen-bond donors (Lipinski definition) is 1. The fourth-order valence-corrected chi connectivity index (χ4v) is 3.67. The van der Waals surface area contributed by atoms with Crippen LogP contribution < -0.4 is 14.8 Å². The SMILES string of the molecule is COc1cc2c(cc1NC(=O)[C@H](C)Oc1cccc3cccnc13)oc1ccccc12. The minimum absolute atomic E-state index is 0.304. The van der Waals surface area contributed by atoms with Crippen LogP contribution in [-0.2, 0) is 4.79 Å². The number of benzene rings is 3. The molecular weight excluding hydrogens is 392 g/mol.